The van der Waals surface area contributed by atoms with Crippen LogP contribution in [0.4, 0.5) is 4.79 Å². The first-order chi connectivity index (χ1) is 15.0. The van der Waals surface area contributed by atoms with Crippen LogP contribution in [0.1, 0.15) is 48.6 Å². The van der Waals surface area contributed by atoms with E-state index in [0.717, 1.165) is 37.4 Å². The van der Waals surface area contributed by atoms with E-state index in [1.165, 1.54) is 27.2 Å². The Morgan fingerprint density at radius 2 is 1.84 bits per heavy atom. The molecular weight excluding hydrogens is 390 g/mol. The standard InChI is InChI=1S/C25H35N3O3/c1-6-12-26-25(29)27-18(3)24-21-15-23(31-5)22(30-4)14-20(21)11-13-28(24)16-19-9-7-17(2)8-10-19/h7-10,14-15,18,24H,6,11-13,16H2,1-5H3,(H2,26,27,29)/p+1/t18-,24+/m1/s1. The van der Waals surface area contributed by atoms with E-state index >= 15 is 0 Å². The van der Waals surface area contributed by atoms with Crippen LogP contribution in [0.3, 0.4) is 0 Å². The topological polar surface area (TPSA) is 64.0 Å². The Morgan fingerprint density at radius 1 is 1.16 bits per heavy atom. The molecule has 0 aliphatic carbocycles. The number of hydrogen-bond acceptors (Lipinski definition) is 3. The van der Waals surface area contributed by atoms with Gasteiger partial charge in [-0.2, -0.15) is 0 Å². The predicted molar refractivity (Wildman–Crippen MR) is 123 cm³/mol. The summed E-state index contributed by atoms with van der Waals surface area (Å²) in [6, 6.07) is 12.9. The van der Waals surface area contributed by atoms with Gasteiger partial charge in [-0.1, -0.05) is 36.8 Å². The van der Waals surface area contributed by atoms with Crippen molar-refractivity contribution in [2.24, 2.45) is 0 Å². The molecule has 3 rings (SSSR count). The lowest BCUT2D eigenvalue weighted by Crippen LogP contribution is -3.13. The van der Waals surface area contributed by atoms with Gasteiger partial charge in [-0.05, 0) is 38.0 Å². The zero-order valence-electron chi connectivity index (χ0n) is 19.4. The quantitative estimate of drug-likeness (QED) is 0.608. The van der Waals surface area contributed by atoms with Crippen molar-refractivity contribution in [1.82, 2.24) is 10.6 Å². The Labute approximate surface area is 185 Å². The molecule has 1 aliphatic heterocycles. The molecule has 3 N–H and O–H groups in total. The van der Waals surface area contributed by atoms with Crippen molar-refractivity contribution < 1.29 is 19.2 Å². The summed E-state index contributed by atoms with van der Waals surface area (Å²) in [6.45, 7) is 8.82. The third-order valence-corrected chi connectivity index (χ3v) is 6.08. The largest absolute Gasteiger partial charge is 0.493 e. The van der Waals surface area contributed by atoms with Crippen LogP contribution in [0.2, 0.25) is 0 Å². The number of carbonyl (C=O) groups excluding carboxylic acids is 1. The highest BCUT2D eigenvalue weighted by atomic mass is 16.5. The van der Waals surface area contributed by atoms with Gasteiger partial charge in [0, 0.05) is 24.1 Å². The minimum absolute atomic E-state index is 0.0468. The third kappa shape index (κ3) is 5.50. The molecule has 6 nitrogen and oxygen atoms in total. The molecule has 1 aliphatic rings. The number of carbonyl (C=O) groups is 1. The van der Waals surface area contributed by atoms with E-state index in [2.05, 4.69) is 60.9 Å². The monoisotopic (exact) mass is 426 g/mol. The fraction of sp³-hybridized carbons (Fsp3) is 0.480. The maximum Gasteiger partial charge on any atom is 0.315 e. The molecular formula is C25H36N3O3+. The lowest BCUT2D eigenvalue weighted by molar-refractivity contribution is -0.948. The minimum Gasteiger partial charge on any atom is -0.493 e. The van der Waals surface area contributed by atoms with Crippen LogP contribution < -0.4 is 25.0 Å². The van der Waals surface area contributed by atoms with E-state index in [1.807, 2.05) is 6.92 Å². The van der Waals surface area contributed by atoms with Crippen molar-refractivity contribution in [1.29, 1.82) is 0 Å². The Bertz CT molecular complexity index is 882. The highest BCUT2D eigenvalue weighted by molar-refractivity contribution is 5.74. The number of urea groups is 1. The summed E-state index contributed by atoms with van der Waals surface area (Å²) in [5.74, 6) is 1.48. The van der Waals surface area contributed by atoms with Gasteiger partial charge < -0.3 is 25.0 Å². The van der Waals surface area contributed by atoms with Gasteiger partial charge in [0.2, 0.25) is 0 Å². The molecule has 0 fully saturated rings. The molecule has 0 aromatic heterocycles. The van der Waals surface area contributed by atoms with Crippen molar-refractivity contribution in [3.63, 3.8) is 0 Å². The summed E-state index contributed by atoms with van der Waals surface area (Å²) >= 11 is 0. The summed E-state index contributed by atoms with van der Waals surface area (Å²) in [6.07, 6.45) is 1.87. The van der Waals surface area contributed by atoms with Gasteiger partial charge in [0.1, 0.15) is 12.6 Å². The molecule has 0 bridgehead atoms. The Hall–Kier alpha value is -2.73. The minimum atomic E-state index is -0.114. The van der Waals surface area contributed by atoms with Gasteiger partial charge in [0.15, 0.2) is 11.5 Å². The van der Waals surface area contributed by atoms with Crippen molar-refractivity contribution in [2.45, 2.75) is 52.2 Å². The molecule has 2 aromatic carbocycles. The second kappa shape index (κ2) is 10.5. The van der Waals surface area contributed by atoms with Gasteiger partial charge in [0.25, 0.3) is 0 Å². The van der Waals surface area contributed by atoms with Crippen LogP contribution in [0.5, 0.6) is 11.5 Å². The Morgan fingerprint density at radius 3 is 2.48 bits per heavy atom. The molecule has 2 amide bonds. The summed E-state index contributed by atoms with van der Waals surface area (Å²) in [5, 5.41) is 6.11. The first-order valence-corrected chi connectivity index (χ1v) is 11.2. The number of nitrogens with one attached hydrogen (secondary N) is 3. The maximum absolute atomic E-state index is 12.4. The summed E-state index contributed by atoms with van der Waals surface area (Å²) in [7, 11) is 3.33. The maximum atomic E-state index is 12.4. The van der Waals surface area contributed by atoms with Gasteiger partial charge >= 0.3 is 6.03 Å². The smallest absolute Gasteiger partial charge is 0.315 e. The van der Waals surface area contributed by atoms with Gasteiger partial charge in [0.05, 0.1) is 26.8 Å². The molecule has 0 spiro atoms. The second-order valence-corrected chi connectivity index (χ2v) is 8.39. The molecule has 6 heteroatoms. The molecule has 0 saturated heterocycles. The van der Waals surface area contributed by atoms with Crippen LogP contribution in [0.15, 0.2) is 36.4 Å². The van der Waals surface area contributed by atoms with E-state index in [1.54, 1.807) is 14.2 Å². The fourth-order valence-electron chi connectivity index (χ4n) is 4.48. The van der Waals surface area contributed by atoms with Crippen molar-refractivity contribution in [3.8, 4) is 11.5 Å². The average molecular weight is 427 g/mol. The van der Waals surface area contributed by atoms with Gasteiger partial charge in [-0.3, -0.25) is 0 Å². The normalized spacial score (nSPS) is 18.6. The van der Waals surface area contributed by atoms with Gasteiger partial charge in [-0.15, -0.1) is 0 Å². The third-order valence-electron chi connectivity index (χ3n) is 6.08. The number of aryl methyl sites for hydroxylation is 1. The predicted octanol–water partition coefficient (Wildman–Crippen LogP) is 2.79. The first kappa shape index (κ1) is 22.9. The van der Waals surface area contributed by atoms with Crippen LogP contribution in [-0.4, -0.2) is 39.4 Å². The number of benzene rings is 2. The number of quaternary nitrogens is 1. The van der Waals surface area contributed by atoms with Crippen molar-refractivity contribution >= 4 is 6.03 Å². The van der Waals surface area contributed by atoms with Crippen LogP contribution >= 0.6 is 0 Å². The van der Waals surface area contributed by atoms with E-state index in [0.29, 0.717) is 6.54 Å². The first-order valence-electron chi connectivity index (χ1n) is 11.2. The second-order valence-electron chi connectivity index (χ2n) is 8.39. The van der Waals surface area contributed by atoms with Crippen molar-refractivity contribution in [3.05, 3.63) is 58.7 Å². The number of amides is 2. The SMILES string of the molecule is CCCNC(=O)N[C@H](C)[C@H]1c2cc(OC)c(OC)cc2CC[NH+]1Cc1ccc(C)cc1. The molecule has 1 unspecified atom stereocenters. The van der Waals surface area contributed by atoms with Crippen molar-refractivity contribution in [2.75, 3.05) is 27.3 Å². The Kier molecular flexibility index (Phi) is 7.80. The molecule has 2 aromatic rings. The van der Waals surface area contributed by atoms with Crippen LogP contribution in [0, 0.1) is 6.92 Å². The van der Waals surface area contributed by atoms with Crippen LogP contribution in [-0.2, 0) is 13.0 Å². The van der Waals surface area contributed by atoms with E-state index in [4.69, 9.17) is 9.47 Å². The lowest BCUT2D eigenvalue weighted by Gasteiger charge is -2.38. The average Bonchev–Trinajstić information content (AvgIpc) is 2.77. The lowest BCUT2D eigenvalue weighted by atomic mass is 9.87. The van der Waals surface area contributed by atoms with E-state index in [-0.39, 0.29) is 18.1 Å². The number of methoxy groups -OCH3 is 2. The van der Waals surface area contributed by atoms with Gasteiger partial charge in [-0.25, -0.2) is 4.79 Å². The summed E-state index contributed by atoms with van der Waals surface area (Å²) in [5.41, 5.74) is 5.04. The number of fused-ring (bicyclic) bond motifs is 1. The number of hydrogen-bond donors (Lipinski definition) is 3. The van der Waals surface area contributed by atoms with E-state index < -0.39 is 0 Å². The summed E-state index contributed by atoms with van der Waals surface area (Å²) in [4.78, 5) is 13.9. The van der Waals surface area contributed by atoms with E-state index in [9.17, 15) is 4.79 Å². The zero-order valence-corrected chi connectivity index (χ0v) is 19.4. The summed E-state index contributed by atoms with van der Waals surface area (Å²) < 4.78 is 11.1. The molecule has 168 valence electrons. The zero-order chi connectivity index (χ0) is 22.4. The molecule has 1 heterocycles. The van der Waals surface area contributed by atoms with Crippen LogP contribution in [0.25, 0.3) is 0 Å². The Balaban J connectivity index is 1.93. The fourth-order valence-corrected chi connectivity index (χ4v) is 4.48. The highest BCUT2D eigenvalue weighted by Gasteiger charge is 2.37. The molecule has 31 heavy (non-hydrogen) atoms. The molecule has 3 atom stereocenters. The molecule has 0 saturated carbocycles. The number of rotatable bonds is 8. The highest BCUT2D eigenvalue weighted by Crippen LogP contribution is 2.35. The molecule has 0 radical (unpaired) electrons. The number of ether oxygens (including phenoxy) is 2.